The Bertz CT molecular complexity index is 564. The van der Waals surface area contributed by atoms with Crippen LogP contribution in [-0.2, 0) is 19.3 Å². The Morgan fingerprint density at radius 3 is 2.19 bits per heavy atom. The zero-order chi connectivity index (χ0) is 14.7. The average Bonchev–Trinajstić information content (AvgIpc) is 2.93. The molecule has 1 atom stereocenters. The molecule has 0 fully saturated rings. The summed E-state index contributed by atoms with van der Waals surface area (Å²) >= 11 is 0. The summed E-state index contributed by atoms with van der Waals surface area (Å²) in [5.74, 6) is 6.41. The molecule has 0 radical (unpaired) electrons. The van der Waals surface area contributed by atoms with E-state index in [0.717, 1.165) is 19.3 Å². The second-order valence-corrected chi connectivity index (χ2v) is 6.07. The van der Waals surface area contributed by atoms with Gasteiger partial charge in [-0.25, -0.2) is 0 Å². The summed E-state index contributed by atoms with van der Waals surface area (Å²) < 4.78 is 0. The zero-order valence-corrected chi connectivity index (χ0v) is 12.7. The lowest BCUT2D eigenvalue weighted by Gasteiger charge is -2.23. The van der Waals surface area contributed by atoms with Crippen molar-refractivity contribution in [1.82, 2.24) is 5.43 Å². The largest absolute Gasteiger partial charge is 0.271 e. The smallest absolute Gasteiger partial charge is 0.0494 e. The van der Waals surface area contributed by atoms with Crippen LogP contribution in [0.25, 0.3) is 0 Å². The van der Waals surface area contributed by atoms with Crippen LogP contribution < -0.4 is 11.3 Å². The minimum Gasteiger partial charge on any atom is -0.271 e. The van der Waals surface area contributed by atoms with Crippen molar-refractivity contribution < 1.29 is 0 Å². The fourth-order valence-corrected chi connectivity index (χ4v) is 3.51. The van der Waals surface area contributed by atoms with Gasteiger partial charge in [-0.2, -0.15) is 0 Å². The van der Waals surface area contributed by atoms with Gasteiger partial charge >= 0.3 is 0 Å². The second kappa shape index (κ2) is 6.42. The Morgan fingerprint density at radius 2 is 1.67 bits per heavy atom. The van der Waals surface area contributed by atoms with Gasteiger partial charge in [-0.3, -0.25) is 11.3 Å². The van der Waals surface area contributed by atoms with Gasteiger partial charge in [-0.15, -0.1) is 0 Å². The van der Waals surface area contributed by atoms with Gasteiger partial charge in [-0.1, -0.05) is 61.9 Å². The predicted octanol–water partition coefficient (Wildman–Crippen LogP) is 3.56. The molecule has 0 amide bonds. The Morgan fingerprint density at radius 1 is 1.05 bits per heavy atom. The quantitative estimate of drug-likeness (QED) is 0.649. The Hall–Kier alpha value is -1.64. The van der Waals surface area contributed by atoms with Crippen molar-refractivity contribution in [3.05, 3.63) is 70.8 Å². The third-order valence-electron chi connectivity index (χ3n) is 4.61. The molecule has 21 heavy (non-hydrogen) atoms. The third kappa shape index (κ3) is 3.02. The van der Waals surface area contributed by atoms with Crippen molar-refractivity contribution in [3.63, 3.8) is 0 Å². The molecule has 3 rings (SSSR count). The zero-order valence-electron chi connectivity index (χ0n) is 12.7. The van der Waals surface area contributed by atoms with Gasteiger partial charge in [0.1, 0.15) is 0 Å². The fourth-order valence-electron chi connectivity index (χ4n) is 3.51. The van der Waals surface area contributed by atoms with E-state index in [0.29, 0.717) is 5.92 Å². The van der Waals surface area contributed by atoms with Gasteiger partial charge in [0, 0.05) is 6.04 Å². The molecule has 2 aromatic rings. The first-order chi connectivity index (χ1) is 10.3. The minimum atomic E-state index is 0.230. The highest BCUT2D eigenvalue weighted by Crippen LogP contribution is 2.34. The number of benzene rings is 2. The van der Waals surface area contributed by atoms with Crippen molar-refractivity contribution in [2.45, 2.75) is 38.6 Å². The molecular weight excluding hydrogens is 256 g/mol. The average molecular weight is 280 g/mol. The van der Waals surface area contributed by atoms with E-state index in [4.69, 9.17) is 5.84 Å². The molecule has 0 spiro atoms. The lowest BCUT2D eigenvalue weighted by atomic mass is 9.90. The lowest BCUT2D eigenvalue weighted by molar-refractivity contribution is 0.379. The molecule has 0 saturated heterocycles. The van der Waals surface area contributed by atoms with Crippen LogP contribution in [0.3, 0.4) is 0 Å². The summed E-state index contributed by atoms with van der Waals surface area (Å²) in [5.41, 5.74) is 8.71. The number of rotatable bonds is 5. The Labute approximate surface area is 127 Å². The molecule has 2 nitrogen and oxygen atoms in total. The van der Waals surface area contributed by atoms with Gasteiger partial charge in [0.25, 0.3) is 0 Å². The molecule has 0 bridgehead atoms. The van der Waals surface area contributed by atoms with E-state index in [-0.39, 0.29) is 6.04 Å². The number of nitrogens with two attached hydrogens (primary N) is 1. The van der Waals surface area contributed by atoms with Crippen molar-refractivity contribution in [3.8, 4) is 0 Å². The van der Waals surface area contributed by atoms with Crippen molar-refractivity contribution in [1.29, 1.82) is 0 Å². The van der Waals surface area contributed by atoms with Gasteiger partial charge in [0.15, 0.2) is 0 Å². The van der Waals surface area contributed by atoms with Crippen LogP contribution in [0.2, 0.25) is 0 Å². The van der Waals surface area contributed by atoms with E-state index in [2.05, 4.69) is 60.9 Å². The van der Waals surface area contributed by atoms with Crippen LogP contribution in [0.15, 0.2) is 48.5 Å². The first-order valence-electron chi connectivity index (χ1n) is 7.93. The maximum absolute atomic E-state index is 5.87. The Balaban J connectivity index is 1.77. The van der Waals surface area contributed by atoms with E-state index in [9.17, 15) is 0 Å². The van der Waals surface area contributed by atoms with Crippen molar-refractivity contribution in [2.75, 3.05) is 0 Å². The molecule has 1 unspecified atom stereocenters. The molecule has 1 aliphatic carbocycles. The summed E-state index contributed by atoms with van der Waals surface area (Å²) in [4.78, 5) is 0. The standard InChI is InChI=1S/C19H24N2/c1-2-5-14-8-10-15(11-9-14)19(21-20)18-12-16-6-3-4-7-17(16)13-18/h3-4,6-11,18-19,21H,2,5,12-13,20H2,1H3. The molecule has 0 saturated carbocycles. The van der Waals surface area contributed by atoms with E-state index in [1.807, 2.05) is 0 Å². The molecule has 0 aliphatic heterocycles. The molecular formula is C19H24N2. The predicted molar refractivity (Wildman–Crippen MR) is 87.8 cm³/mol. The maximum atomic E-state index is 5.87. The highest BCUT2D eigenvalue weighted by molar-refractivity contribution is 5.34. The number of nitrogens with one attached hydrogen (secondary N) is 1. The summed E-state index contributed by atoms with van der Waals surface area (Å²) in [7, 11) is 0. The van der Waals surface area contributed by atoms with Gasteiger partial charge in [0.05, 0.1) is 0 Å². The van der Waals surface area contributed by atoms with E-state index >= 15 is 0 Å². The molecule has 0 aromatic heterocycles. The van der Waals surface area contributed by atoms with Crippen LogP contribution in [0.4, 0.5) is 0 Å². The summed E-state index contributed by atoms with van der Waals surface area (Å²) in [6.07, 6.45) is 4.56. The summed E-state index contributed by atoms with van der Waals surface area (Å²) in [5, 5.41) is 0. The van der Waals surface area contributed by atoms with Gasteiger partial charge < -0.3 is 0 Å². The SMILES string of the molecule is CCCc1ccc(C(NN)C2Cc3ccccc3C2)cc1. The minimum absolute atomic E-state index is 0.230. The topological polar surface area (TPSA) is 38.0 Å². The highest BCUT2D eigenvalue weighted by Gasteiger charge is 2.28. The van der Waals surface area contributed by atoms with Crippen LogP contribution >= 0.6 is 0 Å². The van der Waals surface area contributed by atoms with Crippen molar-refractivity contribution >= 4 is 0 Å². The second-order valence-electron chi connectivity index (χ2n) is 6.07. The number of hydrogen-bond acceptors (Lipinski definition) is 2. The number of hydrazine groups is 1. The van der Waals surface area contributed by atoms with Gasteiger partial charge in [-0.05, 0) is 47.4 Å². The lowest BCUT2D eigenvalue weighted by Crippen LogP contribution is -2.34. The normalized spacial score (nSPS) is 15.9. The van der Waals surface area contributed by atoms with Crippen LogP contribution in [-0.4, -0.2) is 0 Å². The van der Waals surface area contributed by atoms with E-state index < -0.39 is 0 Å². The highest BCUT2D eigenvalue weighted by atomic mass is 15.2. The molecule has 2 heteroatoms. The number of aryl methyl sites for hydroxylation is 1. The molecule has 3 N–H and O–H groups in total. The number of hydrogen-bond donors (Lipinski definition) is 2. The number of fused-ring (bicyclic) bond motifs is 1. The fraction of sp³-hybridized carbons (Fsp3) is 0.368. The summed E-state index contributed by atoms with van der Waals surface area (Å²) in [6.45, 7) is 2.22. The molecule has 2 aromatic carbocycles. The monoisotopic (exact) mass is 280 g/mol. The van der Waals surface area contributed by atoms with Crippen LogP contribution in [0.1, 0.15) is 41.6 Å². The molecule has 110 valence electrons. The first-order valence-corrected chi connectivity index (χ1v) is 7.93. The van der Waals surface area contributed by atoms with Gasteiger partial charge in [0.2, 0.25) is 0 Å². The Kier molecular flexibility index (Phi) is 4.37. The summed E-state index contributed by atoms with van der Waals surface area (Å²) in [6, 6.07) is 17.9. The maximum Gasteiger partial charge on any atom is 0.0494 e. The first kappa shape index (κ1) is 14.3. The molecule has 1 aliphatic rings. The van der Waals surface area contributed by atoms with Crippen LogP contribution in [0.5, 0.6) is 0 Å². The third-order valence-corrected chi connectivity index (χ3v) is 4.61. The van der Waals surface area contributed by atoms with E-state index in [1.54, 1.807) is 0 Å². The van der Waals surface area contributed by atoms with Crippen LogP contribution in [0, 0.1) is 5.92 Å². The van der Waals surface area contributed by atoms with E-state index in [1.165, 1.54) is 28.7 Å². The van der Waals surface area contributed by atoms with Crippen molar-refractivity contribution in [2.24, 2.45) is 11.8 Å². The molecule has 0 heterocycles.